The summed E-state index contributed by atoms with van der Waals surface area (Å²) in [5.41, 5.74) is 0. The summed E-state index contributed by atoms with van der Waals surface area (Å²) in [4.78, 5) is 13.3. The highest BCUT2D eigenvalue weighted by Crippen LogP contribution is 2.01. The first kappa shape index (κ1) is 13.4. The highest BCUT2D eigenvalue weighted by Gasteiger charge is 2.09. The summed E-state index contributed by atoms with van der Waals surface area (Å²) >= 11 is 0. The van der Waals surface area contributed by atoms with Crippen molar-refractivity contribution in [2.45, 2.75) is 40.2 Å². The summed E-state index contributed by atoms with van der Waals surface area (Å²) < 4.78 is 0. The van der Waals surface area contributed by atoms with Gasteiger partial charge in [0, 0.05) is 32.6 Å². The minimum Gasteiger partial charge on any atom is -0.344 e. The highest BCUT2D eigenvalue weighted by molar-refractivity contribution is 5.76. The van der Waals surface area contributed by atoms with Gasteiger partial charge in [-0.05, 0) is 5.92 Å². The third-order valence-corrected chi connectivity index (χ3v) is 2.01. The van der Waals surface area contributed by atoms with Gasteiger partial charge in [-0.25, -0.2) is 0 Å². The third kappa shape index (κ3) is 6.89. The second-order valence-electron chi connectivity index (χ2n) is 4.52. The maximum absolute atomic E-state index is 11.5. The zero-order valence-corrected chi connectivity index (χ0v) is 10.1. The summed E-state index contributed by atoms with van der Waals surface area (Å²) in [7, 11) is 1.87. The number of hydrogen-bond donors (Lipinski definition) is 1. The predicted molar refractivity (Wildman–Crippen MR) is 60.2 cm³/mol. The summed E-state index contributed by atoms with van der Waals surface area (Å²) in [5, 5.41) is 3.29. The molecule has 84 valence electrons. The van der Waals surface area contributed by atoms with Gasteiger partial charge in [0.1, 0.15) is 0 Å². The molecule has 0 unspecified atom stereocenters. The van der Waals surface area contributed by atoms with Crippen molar-refractivity contribution in [3.05, 3.63) is 0 Å². The Kier molecular flexibility index (Phi) is 6.54. The number of nitrogens with zero attached hydrogens (tertiary/aromatic N) is 1. The molecular formula is C11H24N2O. The lowest BCUT2D eigenvalue weighted by atomic mass is 10.1. The second kappa shape index (κ2) is 6.82. The molecule has 0 aliphatic heterocycles. The van der Waals surface area contributed by atoms with Gasteiger partial charge in [0.25, 0.3) is 0 Å². The number of hydrogen-bond acceptors (Lipinski definition) is 2. The van der Waals surface area contributed by atoms with E-state index < -0.39 is 0 Å². The lowest BCUT2D eigenvalue weighted by Gasteiger charge is -2.19. The summed E-state index contributed by atoms with van der Waals surface area (Å²) in [6, 6.07) is 0.489. The molecule has 0 aliphatic carbocycles. The molecule has 0 atom stereocenters. The molecule has 0 bridgehead atoms. The van der Waals surface area contributed by atoms with Gasteiger partial charge in [0.2, 0.25) is 5.91 Å². The number of likely N-dealkylation sites (N-methyl/N-ethyl adjacent to an activating group) is 1. The van der Waals surface area contributed by atoms with E-state index in [1.165, 1.54) is 0 Å². The van der Waals surface area contributed by atoms with Crippen molar-refractivity contribution in [3.63, 3.8) is 0 Å². The Balaban J connectivity index is 3.62. The molecule has 0 aromatic rings. The van der Waals surface area contributed by atoms with Crippen LogP contribution in [0.4, 0.5) is 0 Å². The van der Waals surface area contributed by atoms with E-state index in [4.69, 9.17) is 0 Å². The fraction of sp³-hybridized carbons (Fsp3) is 0.909. The summed E-state index contributed by atoms with van der Waals surface area (Å²) in [5.74, 6) is 0.688. The van der Waals surface area contributed by atoms with Crippen LogP contribution in [-0.2, 0) is 4.79 Å². The molecule has 0 saturated carbocycles. The molecule has 3 nitrogen and oxygen atoms in total. The van der Waals surface area contributed by atoms with Crippen molar-refractivity contribution in [1.29, 1.82) is 0 Å². The number of rotatable bonds is 6. The van der Waals surface area contributed by atoms with Crippen LogP contribution < -0.4 is 5.32 Å². The lowest BCUT2D eigenvalue weighted by molar-refractivity contribution is -0.130. The summed E-state index contributed by atoms with van der Waals surface area (Å²) in [6.07, 6.45) is 0.651. The average Bonchev–Trinajstić information content (AvgIpc) is 2.01. The highest BCUT2D eigenvalue weighted by atomic mass is 16.2. The van der Waals surface area contributed by atoms with Crippen molar-refractivity contribution in [2.75, 3.05) is 20.1 Å². The average molecular weight is 200 g/mol. The molecule has 0 heterocycles. The molecule has 0 aromatic heterocycles. The Morgan fingerprint density at radius 1 is 1.29 bits per heavy atom. The van der Waals surface area contributed by atoms with Crippen molar-refractivity contribution >= 4 is 5.91 Å². The van der Waals surface area contributed by atoms with E-state index in [2.05, 4.69) is 33.0 Å². The van der Waals surface area contributed by atoms with E-state index in [0.29, 0.717) is 18.4 Å². The molecule has 3 heteroatoms. The molecule has 1 amide bonds. The molecular weight excluding hydrogens is 176 g/mol. The van der Waals surface area contributed by atoms with Crippen LogP contribution in [0, 0.1) is 5.92 Å². The molecule has 0 rings (SSSR count). The van der Waals surface area contributed by atoms with E-state index >= 15 is 0 Å². The van der Waals surface area contributed by atoms with Gasteiger partial charge in [-0.3, -0.25) is 4.79 Å². The maximum Gasteiger partial charge on any atom is 0.222 e. The van der Waals surface area contributed by atoms with Crippen molar-refractivity contribution in [3.8, 4) is 0 Å². The SMILES string of the molecule is CC(C)CC(=O)N(C)CCNC(C)C. The zero-order chi connectivity index (χ0) is 11.1. The van der Waals surface area contributed by atoms with Crippen LogP contribution in [0.3, 0.4) is 0 Å². The Labute approximate surface area is 87.9 Å². The lowest BCUT2D eigenvalue weighted by Crippen LogP contribution is -2.36. The van der Waals surface area contributed by atoms with Gasteiger partial charge in [0.05, 0.1) is 0 Å². The number of carbonyl (C=O) groups excluding carboxylic acids is 1. The van der Waals surface area contributed by atoms with Gasteiger partial charge < -0.3 is 10.2 Å². The van der Waals surface area contributed by atoms with E-state index in [9.17, 15) is 4.79 Å². The molecule has 0 aliphatic rings. The van der Waals surface area contributed by atoms with Crippen LogP contribution in [0.15, 0.2) is 0 Å². The van der Waals surface area contributed by atoms with Gasteiger partial charge in [-0.15, -0.1) is 0 Å². The molecule has 0 radical (unpaired) electrons. The zero-order valence-electron chi connectivity index (χ0n) is 10.1. The Morgan fingerprint density at radius 2 is 1.86 bits per heavy atom. The van der Waals surface area contributed by atoms with E-state index in [1.807, 2.05) is 7.05 Å². The fourth-order valence-corrected chi connectivity index (χ4v) is 1.15. The van der Waals surface area contributed by atoms with Crippen LogP contribution in [0.25, 0.3) is 0 Å². The third-order valence-electron chi connectivity index (χ3n) is 2.01. The van der Waals surface area contributed by atoms with Crippen molar-refractivity contribution in [1.82, 2.24) is 10.2 Å². The Bertz CT molecular complexity index is 167. The Hall–Kier alpha value is -0.570. The van der Waals surface area contributed by atoms with Gasteiger partial charge in [-0.1, -0.05) is 27.7 Å². The van der Waals surface area contributed by atoms with E-state index in [0.717, 1.165) is 13.1 Å². The smallest absolute Gasteiger partial charge is 0.222 e. The van der Waals surface area contributed by atoms with Crippen molar-refractivity contribution in [2.24, 2.45) is 5.92 Å². The number of nitrogens with one attached hydrogen (secondary N) is 1. The van der Waals surface area contributed by atoms with Gasteiger partial charge in [0.15, 0.2) is 0 Å². The van der Waals surface area contributed by atoms with Crippen LogP contribution in [0.2, 0.25) is 0 Å². The first-order valence-electron chi connectivity index (χ1n) is 5.40. The number of amides is 1. The standard InChI is InChI=1S/C11H24N2O/c1-9(2)8-11(14)13(5)7-6-12-10(3)4/h9-10,12H,6-8H2,1-5H3. The quantitative estimate of drug-likeness (QED) is 0.704. The monoisotopic (exact) mass is 200 g/mol. The van der Waals surface area contributed by atoms with Crippen LogP contribution in [0.5, 0.6) is 0 Å². The molecule has 0 fully saturated rings. The van der Waals surface area contributed by atoms with Crippen LogP contribution in [0.1, 0.15) is 34.1 Å². The van der Waals surface area contributed by atoms with E-state index in [1.54, 1.807) is 4.90 Å². The maximum atomic E-state index is 11.5. The van der Waals surface area contributed by atoms with E-state index in [-0.39, 0.29) is 5.91 Å². The topological polar surface area (TPSA) is 32.3 Å². The molecule has 0 spiro atoms. The first-order valence-corrected chi connectivity index (χ1v) is 5.40. The largest absolute Gasteiger partial charge is 0.344 e. The predicted octanol–water partition coefficient (Wildman–Crippen LogP) is 1.49. The van der Waals surface area contributed by atoms with Gasteiger partial charge >= 0.3 is 0 Å². The molecule has 14 heavy (non-hydrogen) atoms. The molecule has 0 saturated heterocycles. The second-order valence-corrected chi connectivity index (χ2v) is 4.52. The van der Waals surface area contributed by atoms with Crippen molar-refractivity contribution < 1.29 is 4.79 Å². The minimum atomic E-state index is 0.241. The molecule has 0 aromatic carbocycles. The fourth-order valence-electron chi connectivity index (χ4n) is 1.15. The number of carbonyl (C=O) groups is 1. The van der Waals surface area contributed by atoms with Crippen LogP contribution >= 0.6 is 0 Å². The van der Waals surface area contributed by atoms with Crippen LogP contribution in [-0.4, -0.2) is 37.0 Å². The molecule has 1 N–H and O–H groups in total. The summed E-state index contributed by atoms with van der Waals surface area (Å²) in [6.45, 7) is 10.0. The first-order chi connectivity index (χ1) is 6.43. The van der Waals surface area contributed by atoms with Gasteiger partial charge in [-0.2, -0.15) is 0 Å². The minimum absolute atomic E-state index is 0.241. The Morgan fingerprint density at radius 3 is 2.29 bits per heavy atom. The normalized spacial score (nSPS) is 11.1.